The van der Waals surface area contributed by atoms with Crippen molar-refractivity contribution in [2.24, 2.45) is 0 Å². The zero-order valence-corrected chi connectivity index (χ0v) is 13.4. The van der Waals surface area contributed by atoms with Crippen molar-refractivity contribution < 1.29 is 4.79 Å². The summed E-state index contributed by atoms with van der Waals surface area (Å²) in [4.78, 5) is 14.3. The summed E-state index contributed by atoms with van der Waals surface area (Å²) < 4.78 is 0. The summed E-state index contributed by atoms with van der Waals surface area (Å²) >= 11 is 0. The first-order chi connectivity index (χ1) is 10.2. The lowest BCUT2D eigenvalue weighted by molar-refractivity contribution is -0.121. The van der Waals surface area contributed by atoms with Crippen molar-refractivity contribution in [3.8, 4) is 0 Å². The minimum atomic E-state index is 0.173. The van der Waals surface area contributed by atoms with Crippen molar-refractivity contribution in [3.63, 3.8) is 0 Å². The number of piperidine rings is 1. The molecule has 0 bridgehead atoms. The molecule has 1 aromatic rings. The van der Waals surface area contributed by atoms with E-state index in [2.05, 4.69) is 41.4 Å². The number of likely N-dealkylation sites (tertiary alicyclic amines) is 1. The van der Waals surface area contributed by atoms with Gasteiger partial charge in [-0.2, -0.15) is 0 Å². The summed E-state index contributed by atoms with van der Waals surface area (Å²) in [6.07, 6.45) is 5.40. The molecule has 3 nitrogen and oxygen atoms in total. The number of carbonyl (C=O) groups excluding carboxylic acids is 1. The smallest absolute Gasteiger partial charge is 0.220 e. The number of benzene rings is 1. The molecule has 0 spiro atoms. The van der Waals surface area contributed by atoms with E-state index in [1.807, 2.05) is 6.92 Å². The number of nitrogens with zero attached hydrogens (tertiary/aromatic N) is 1. The van der Waals surface area contributed by atoms with E-state index in [4.69, 9.17) is 0 Å². The van der Waals surface area contributed by atoms with E-state index in [1.54, 1.807) is 0 Å². The molecule has 1 aliphatic heterocycles. The second kappa shape index (κ2) is 8.18. The van der Waals surface area contributed by atoms with Crippen LogP contribution in [-0.2, 0) is 4.79 Å². The number of hydrogen-bond donors (Lipinski definition) is 1. The molecule has 3 heteroatoms. The van der Waals surface area contributed by atoms with Gasteiger partial charge in [0.05, 0.1) is 6.04 Å². The largest absolute Gasteiger partial charge is 0.354 e. The van der Waals surface area contributed by atoms with Gasteiger partial charge < -0.3 is 5.32 Å². The summed E-state index contributed by atoms with van der Waals surface area (Å²) in [7, 11) is 0. The summed E-state index contributed by atoms with van der Waals surface area (Å²) in [6.45, 7) is 7.16. The number of carbonyl (C=O) groups is 1. The lowest BCUT2D eigenvalue weighted by atomic mass is 10.0. The van der Waals surface area contributed by atoms with Crippen LogP contribution in [0.1, 0.15) is 56.2 Å². The van der Waals surface area contributed by atoms with Gasteiger partial charge >= 0.3 is 0 Å². The molecule has 2 rings (SSSR count). The fourth-order valence-electron chi connectivity index (χ4n) is 3.00. The first kappa shape index (κ1) is 16.0. The van der Waals surface area contributed by atoms with Gasteiger partial charge in [-0.3, -0.25) is 9.69 Å². The van der Waals surface area contributed by atoms with Gasteiger partial charge in [-0.1, -0.05) is 43.2 Å². The molecule has 1 aliphatic rings. The van der Waals surface area contributed by atoms with Crippen molar-refractivity contribution in [2.75, 3.05) is 19.6 Å². The molecule has 1 amide bonds. The molecule has 0 saturated carbocycles. The van der Waals surface area contributed by atoms with Crippen molar-refractivity contribution in [1.29, 1.82) is 0 Å². The van der Waals surface area contributed by atoms with Gasteiger partial charge in [0.25, 0.3) is 0 Å². The molecular weight excluding hydrogens is 260 g/mol. The lowest BCUT2D eigenvalue weighted by Gasteiger charge is -2.35. The molecule has 1 N–H and O–H groups in total. The van der Waals surface area contributed by atoms with E-state index in [-0.39, 0.29) is 5.91 Å². The van der Waals surface area contributed by atoms with E-state index in [0.29, 0.717) is 12.5 Å². The minimum Gasteiger partial charge on any atom is -0.354 e. The average Bonchev–Trinajstić information content (AvgIpc) is 2.50. The van der Waals surface area contributed by atoms with Gasteiger partial charge in [-0.05, 0) is 44.8 Å². The quantitative estimate of drug-likeness (QED) is 0.869. The SMILES string of the molecule is CCCC(=O)NCC(c1ccc(C)cc1)N1CCCCC1. The Hall–Kier alpha value is -1.35. The maximum absolute atomic E-state index is 11.8. The Labute approximate surface area is 128 Å². The average molecular weight is 288 g/mol. The van der Waals surface area contributed by atoms with Gasteiger partial charge in [-0.25, -0.2) is 0 Å². The zero-order chi connectivity index (χ0) is 15.1. The van der Waals surface area contributed by atoms with Crippen LogP contribution >= 0.6 is 0 Å². The fourth-order valence-corrected chi connectivity index (χ4v) is 3.00. The third-order valence-corrected chi connectivity index (χ3v) is 4.26. The van der Waals surface area contributed by atoms with Crippen molar-refractivity contribution in [1.82, 2.24) is 10.2 Å². The molecule has 0 aliphatic carbocycles. The van der Waals surface area contributed by atoms with Gasteiger partial charge in [-0.15, -0.1) is 0 Å². The van der Waals surface area contributed by atoms with Crippen LogP contribution in [0.25, 0.3) is 0 Å². The molecule has 21 heavy (non-hydrogen) atoms. The van der Waals surface area contributed by atoms with E-state index in [0.717, 1.165) is 26.1 Å². The highest BCUT2D eigenvalue weighted by Crippen LogP contribution is 2.24. The van der Waals surface area contributed by atoms with E-state index in [9.17, 15) is 4.79 Å². The van der Waals surface area contributed by atoms with Crippen LogP contribution in [0.15, 0.2) is 24.3 Å². The Morgan fingerprint density at radius 1 is 1.19 bits per heavy atom. The monoisotopic (exact) mass is 288 g/mol. The van der Waals surface area contributed by atoms with Crippen LogP contribution in [0.4, 0.5) is 0 Å². The first-order valence-electron chi connectivity index (χ1n) is 8.28. The standard InChI is InChI=1S/C18H28N2O/c1-3-7-18(21)19-14-17(20-12-5-4-6-13-20)16-10-8-15(2)9-11-16/h8-11,17H,3-7,12-14H2,1-2H3,(H,19,21). The van der Waals surface area contributed by atoms with Gasteiger partial charge in [0.1, 0.15) is 0 Å². The Bertz CT molecular complexity index is 435. The first-order valence-corrected chi connectivity index (χ1v) is 8.28. The second-order valence-corrected chi connectivity index (χ2v) is 6.08. The number of nitrogens with one attached hydrogen (secondary N) is 1. The number of hydrogen-bond acceptors (Lipinski definition) is 2. The van der Waals surface area contributed by atoms with Crippen molar-refractivity contribution >= 4 is 5.91 Å². The van der Waals surface area contributed by atoms with Crippen LogP contribution < -0.4 is 5.32 Å². The third kappa shape index (κ3) is 4.85. The highest BCUT2D eigenvalue weighted by atomic mass is 16.1. The van der Waals surface area contributed by atoms with Crippen LogP contribution in [0.2, 0.25) is 0 Å². The topological polar surface area (TPSA) is 32.3 Å². The Morgan fingerprint density at radius 2 is 1.86 bits per heavy atom. The number of amides is 1. The third-order valence-electron chi connectivity index (χ3n) is 4.26. The highest BCUT2D eigenvalue weighted by molar-refractivity contribution is 5.75. The normalized spacial score (nSPS) is 17.4. The van der Waals surface area contributed by atoms with Gasteiger partial charge in [0.15, 0.2) is 0 Å². The maximum Gasteiger partial charge on any atom is 0.220 e. The molecular formula is C18H28N2O. The minimum absolute atomic E-state index is 0.173. The molecule has 1 aromatic carbocycles. The summed E-state index contributed by atoms with van der Waals surface area (Å²) in [5.74, 6) is 0.173. The molecule has 0 radical (unpaired) electrons. The molecule has 1 heterocycles. The lowest BCUT2D eigenvalue weighted by Crippen LogP contribution is -2.40. The maximum atomic E-state index is 11.8. The number of rotatable bonds is 6. The molecule has 0 aromatic heterocycles. The number of aryl methyl sites for hydroxylation is 1. The van der Waals surface area contributed by atoms with E-state index >= 15 is 0 Å². The van der Waals surface area contributed by atoms with Crippen LogP contribution in [0.3, 0.4) is 0 Å². The second-order valence-electron chi connectivity index (χ2n) is 6.08. The van der Waals surface area contributed by atoms with Gasteiger partial charge in [0, 0.05) is 13.0 Å². The molecule has 1 atom stereocenters. The highest BCUT2D eigenvalue weighted by Gasteiger charge is 2.22. The Balaban J connectivity index is 2.05. The van der Waals surface area contributed by atoms with Crippen LogP contribution in [0.5, 0.6) is 0 Å². The summed E-state index contributed by atoms with van der Waals surface area (Å²) in [5.41, 5.74) is 2.60. The Kier molecular flexibility index (Phi) is 6.24. The van der Waals surface area contributed by atoms with E-state index in [1.165, 1.54) is 30.4 Å². The van der Waals surface area contributed by atoms with Crippen molar-refractivity contribution in [2.45, 2.75) is 52.0 Å². The van der Waals surface area contributed by atoms with Crippen LogP contribution in [-0.4, -0.2) is 30.4 Å². The van der Waals surface area contributed by atoms with Crippen LogP contribution in [0, 0.1) is 6.92 Å². The summed E-state index contributed by atoms with van der Waals surface area (Å²) in [6, 6.07) is 9.06. The molecule has 1 saturated heterocycles. The summed E-state index contributed by atoms with van der Waals surface area (Å²) in [5, 5.41) is 3.11. The van der Waals surface area contributed by atoms with E-state index < -0.39 is 0 Å². The molecule has 1 unspecified atom stereocenters. The zero-order valence-electron chi connectivity index (χ0n) is 13.4. The molecule has 1 fully saturated rings. The van der Waals surface area contributed by atoms with Crippen molar-refractivity contribution in [3.05, 3.63) is 35.4 Å². The Morgan fingerprint density at radius 3 is 2.48 bits per heavy atom. The predicted molar refractivity (Wildman–Crippen MR) is 87.3 cm³/mol. The predicted octanol–water partition coefficient (Wildman–Crippen LogP) is 3.44. The molecule has 116 valence electrons. The fraction of sp³-hybridized carbons (Fsp3) is 0.611. The van der Waals surface area contributed by atoms with Gasteiger partial charge in [0.2, 0.25) is 5.91 Å².